The molecule has 0 saturated carbocycles. The third-order valence-corrected chi connectivity index (χ3v) is 2.59. The first kappa shape index (κ1) is 12.3. The third kappa shape index (κ3) is 2.95. The van der Waals surface area contributed by atoms with Crippen molar-refractivity contribution in [1.82, 2.24) is 5.32 Å². The van der Waals surface area contributed by atoms with Gasteiger partial charge in [-0.2, -0.15) is 0 Å². The first-order chi connectivity index (χ1) is 8.81. The molecule has 1 amide bonds. The summed E-state index contributed by atoms with van der Waals surface area (Å²) in [6.45, 7) is 1.64. The Bertz CT molecular complexity index is 476. The maximum absolute atomic E-state index is 11.8. The van der Waals surface area contributed by atoms with Gasteiger partial charge in [0.2, 0.25) is 0 Å². The van der Waals surface area contributed by atoms with Gasteiger partial charge in [-0.05, 0) is 24.6 Å². The van der Waals surface area contributed by atoms with Crippen LogP contribution in [0, 0.1) is 12.3 Å². The van der Waals surface area contributed by atoms with E-state index in [1.54, 1.807) is 18.2 Å². The summed E-state index contributed by atoms with van der Waals surface area (Å²) in [6, 6.07) is 5.18. The van der Waals surface area contributed by atoms with E-state index < -0.39 is 0 Å². The number of ether oxygens (including phenoxy) is 2. The minimum absolute atomic E-state index is 0.121. The van der Waals surface area contributed by atoms with Crippen LogP contribution in [-0.4, -0.2) is 25.7 Å². The van der Waals surface area contributed by atoms with E-state index in [1.165, 1.54) is 0 Å². The fourth-order valence-corrected chi connectivity index (χ4v) is 1.68. The van der Waals surface area contributed by atoms with Gasteiger partial charge in [0.05, 0.1) is 0 Å². The molecule has 0 saturated heterocycles. The number of terminal acetylenes is 1. The molecule has 1 aromatic rings. The molecule has 4 nitrogen and oxygen atoms in total. The Kier molecular flexibility index (Phi) is 4.08. The van der Waals surface area contributed by atoms with E-state index in [0.29, 0.717) is 43.2 Å². The molecule has 18 heavy (non-hydrogen) atoms. The molecule has 1 aliphatic rings. The SMILES string of the molecule is C#CCCCNC(=O)c1ccc2c(c1)OCCO2. The lowest BCUT2D eigenvalue weighted by molar-refractivity contribution is 0.0952. The van der Waals surface area contributed by atoms with Gasteiger partial charge >= 0.3 is 0 Å². The second-order valence-corrected chi connectivity index (χ2v) is 3.92. The van der Waals surface area contributed by atoms with Gasteiger partial charge in [-0.1, -0.05) is 0 Å². The van der Waals surface area contributed by atoms with Crippen molar-refractivity contribution in [3.8, 4) is 23.8 Å². The van der Waals surface area contributed by atoms with Gasteiger partial charge in [-0.3, -0.25) is 4.79 Å². The highest BCUT2D eigenvalue weighted by Gasteiger charge is 2.14. The zero-order chi connectivity index (χ0) is 12.8. The average Bonchev–Trinajstić information content (AvgIpc) is 2.43. The van der Waals surface area contributed by atoms with Crippen LogP contribution in [0.5, 0.6) is 11.5 Å². The van der Waals surface area contributed by atoms with Crippen molar-refractivity contribution in [2.24, 2.45) is 0 Å². The number of rotatable bonds is 4. The lowest BCUT2D eigenvalue weighted by Crippen LogP contribution is -2.24. The van der Waals surface area contributed by atoms with Crippen molar-refractivity contribution in [2.45, 2.75) is 12.8 Å². The van der Waals surface area contributed by atoms with Gasteiger partial charge in [0.1, 0.15) is 13.2 Å². The second-order valence-electron chi connectivity index (χ2n) is 3.92. The number of fused-ring (bicyclic) bond motifs is 1. The van der Waals surface area contributed by atoms with Crippen molar-refractivity contribution in [1.29, 1.82) is 0 Å². The van der Waals surface area contributed by atoms with E-state index in [4.69, 9.17) is 15.9 Å². The molecular formula is C14H15NO3. The normalized spacial score (nSPS) is 12.6. The Hall–Kier alpha value is -2.15. The molecule has 1 aliphatic heterocycles. The van der Waals surface area contributed by atoms with Crippen LogP contribution in [0.4, 0.5) is 0 Å². The van der Waals surface area contributed by atoms with Gasteiger partial charge in [0, 0.05) is 18.5 Å². The molecule has 94 valence electrons. The summed E-state index contributed by atoms with van der Waals surface area (Å²) in [5.41, 5.74) is 0.569. The van der Waals surface area contributed by atoms with E-state index in [0.717, 1.165) is 6.42 Å². The van der Waals surface area contributed by atoms with Crippen LogP contribution in [0.1, 0.15) is 23.2 Å². The summed E-state index contributed by atoms with van der Waals surface area (Å²) >= 11 is 0. The van der Waals surface area contributed by atoms with E-state index in [2.05, 4.69) is 11.2 Å². The highest BCUT2D eigenvalue weighted by atomic mass is 16.6. The van der Waals surface area contributed by atoms with Crippen LogP contribution in [0.3, 0.4) is 0 Å². The molecule has 4 heteroatoms. The monoisotopic (exact) mass is 245 g/mol. The Balaban J connectivity index is 1.96. The minimum Gasteiger partial charge on any atom is -0.486 e. The van der Waals surface area contributed by atoms with Crippen molar-refractivity contribution in [2.75, 3.05) is 19.8 Å². The van der Waals surface area contributed by atoms with Gasteiger partial charge in [-0.15, -0.1) is 12.3 Å². The van der Waals surface area contributed by atoms with E-state index in [1.807, 2.05) is 0 Å². The van der Waals surface area contributed by atoms with Crippen molar-refractivity contribution in [3.05, 3.63) is 23.8 Å². The number of carbonyl (C=O) groups is 1. The summed E-state index contributed by atoms with van der Waals surface area (Å²) < 4.78 is 10.8. The number of nitrogens with one attached hydrogen (secondary N) is 1. The first-order valence-corrected chi connectivity index (χ1v) is 5.92. The quantitative estimate of drug-likeness (QED) is 0.647. The van der Waals surface area contributed by atoms with Crippen LogP contribution in [-0.2, 0) is 0 Å². The molecule has 0 radical (unpaired) electrons. The van der Waals surface area contributed by atoms with Crippen molar-refractivity contribution >= 4 is 5.91 Å². The van der Waals surface area contributed by atoms with Crippen molar-refractivity contribution < 1.29 is 14.3 Å². The number of hydrogen-bond donors (Lipinski definition) is 1. The molecule has 0 aromatic heterocycles. The molecular weight excluding hydrogens is 230 g/mol. The van der Waals surface area contributed by atoms with Crippen LogP contribution in [0.25, 0.3) is 0 Å². The summed E-state index contributed by atoms with van der Waals surface area (Å²) in [4.78, 5) is 11.8. The van der Waals surface area contributed by atoms with Gasteiger partial charge in [0.25, 0.3) is 5.91 Å². The lowest BCUT2D eigenvalue weighted by atomic mass is 10.1. The third-order valence-electron chi connectivity index (χ3n) is 2.59. The number of amides is 1. The molecule has 1 heterocycles. The van der Waals surface area contributed by atoms with E-state index >= 15 is 0 Å². The number of benzene rings is 1. The Morgan fingerprint density at radius 1 is 1.33 bits per heavy atom. The Labute approximate surface area is 106 Å². The molecule has 0 spiro atoms. The molecule has 1 N–H and O–H groups in total. The highest BCUT2D eigenvalue weighted by molar-refractivity contribution is 5.94. The van der Waals surface area contributed by atoms with Crippen molar-refractivity contribution in [3.63, 3.8) is 0 Å². The van der Waals surface area contributed by atoms with Crippen LogP contribution >= 0.6 is 0 Å². The fraction of sp³-hybridized carbons (Fsp3) is 0.357. The summed E-state index contributed by atoms with van der Waals surface area (Å²) in [7, 11) is 0. The van der Waals surface area contributed by atoms with E-state index in [-0.39, 0.29) is 5.91 Å². The molecule has 0 fully saturated rings. The number of carbonyl (C=O) groups excluding carboxylic acids is 1. The van der Waals surface area contributed by atoms with Gasteiger partial charge in [-0.25, -0.2) is 0 Å². The molecule has 0 atom stereocenters. The smallest absolute Gasteiger partial charge is 0.251 e. The molecule has 0 aliphatic carbocycles. The largest absolute Gasteiger partial charge is 0.486 e. The Morgan fingerprint density at radius 3 is 2.89 bits per heavy atom. The zero-order valence-electron chi connectivity index (χ0n) is 10.1. The first-order valence-electron chi connectivity index (χ1n) is 5.92. The zero-order valence-corrected chi connectivity index (χ0v) is 10.1. The predicted molar refractivity (Wildman–Crippen MR) is 67.8 cm³/mol. The molecule has 1 aromatic carbocycles. The topological polar surface area (TPSA) is 47.6 Å². The van der Waals surface area contributed by atoms with Crippen LogP contribution in [0.15, 0.2) is 18.2 Å². The minimum atomic E-state index is -0.121. The average molecular weight is 245 g/mol. The second kappa shape index (κ2) is 5.97. The van der Waals surface area contributed by atoms with Crippen LogP contribution in [0.2, 0.25) is 0 Å². The molecule has 2 rings (SSSR count). The summed E-state index contributed by atoms with van der Waals surface area (Å²) in [5.74, 6) is 3.72. The van der Waals surface area contributed by atoms with Gasteiger partial charge < -0.3 is 14.8 Å². The Morgan fingerprint density at radius 2 is 2.11 bits per heavy atom. The fourth-order valence-electron chi connectivity index (χ4n) is 1.68. The standard InChI is InChI=1S/C14H15NO3/c1-2-3-4-7-15-14(16)11-5-6-12-13(10-11)18-9-8-17-12/h1,5-6,10H,3-4,7-9H2,(H,15,16). The molecule has 0 unspecified atom stereocenters. The molecule has 0 bridgehead atoms. The summed E-state index contributed by atoms with van der Waals surface area (Å²) in [5, 5.41) is 2.81. The van der Waals surface area contributed by atoms with E-state index in [9.17, 15) is 4.79 Å². The summed E-state index contributed by atoms with van der Waals surface area (Å²) in [6.07, 6.45) is 6.59. The van der Waals surface area contributed by atoms with Gasteiger partial charge in [0.15, 0.2) is 11.5 Å². The lowest BCUT2D eigenvalue weighted by Gasteiger charge is -2.18. The number of unbranched alkanes of at least 4 members (excludes halogenated alkanes) is 1. The number of hydrogen-bond acceptors (Lipinski definition) is 3. The highest BCUT2D eigenvalue weighted by Crippen LogP contribution is 2.30. The van der Waals surface area contributed by atoms with Crippen LogP contribution < -0.4 is 14.8 Å². The maximum Gasteiger partial charge on any atom is 0.251 e. The maximum atomic E-state index is 11.8. The predicted octanol–water partition coefficient (Wildman–Crippen LogP) is 1.60.